The minimum atomic E-state index is -0.0414. The van der Waals surface area contributed by atoms with Crippen molar-refractivity contribution in [2.24, 2.45) is 0 Å². The summed E-state index contributed by atoms with van der Waals surface area (Å²) in [6.07, 6.45) is 5.57. The van der Waals surface area contributed by atoms with E-state index in [-0.39, 0.29) is 5.91 Å². The second kappa shape index (κ2) is 6.95. The number of fused-ring (bicyclic) bond motifs is 1. The Hall–Kier alpha value is -1.50. The van der Waals surface area contributed by atoms with Gasteiger partial charge < -0.3 is 4.90 Å². The Balaban J connectivity index is 1.85. The van der Waals surface area contributed by atoms with Gasteiger partial charge in [-0.05, 0) is 31.2 Å². The smallest absolute Gasteiger partial charge is 0.266 e. The van der Waals surface area contributed by atoms with E-state index in [1.807, 2.05) is 24.3 Å². The predicted octanol–water partition coefficient (Wildman–Crippen LogP) is 4.39. The maximum absolute atomic E-state index is 12.3. The van der Waals surface area contributed by atoms with Gasteiger partial charge in [-0.1, -0.05) is 54.0 Å². The van der Waals surface area contributed by atoms with E-state index >= 15 is 0 Å². The van der Waals surface area contributed by atoms with Crippen molar-refractivity contribution in [1.82, 2.24) is 4.90 Å². The molecule has 2 heterocycles. The highest BCUT2D eigenvalue weighted by Gasteiger charge is 2.31. The van der Waals surface area contributed by atoms with Crippen LogP contribution in [0.3, 0.4) is 0 Å². The molecular formula is C17H16N2OS3. The van der Waals surface area contributed by atoms with Gasteiger partial charge in [0, 0.05) is 18.0 Å². The monoisotopic (exact) mass is 360 g/mol. The van der Waals surface area contributed by atoms with Crippen molar-refractivity contribution in [3.05, 3.63) is 59.0 Å². The molecular weight excluding hydrogens is 344 g/mol. The molecule has 0 radical (unpaired) electrons. The maximum atomic E-state index is 12.3. The van der Waals surface area contributed by atoms with Crippen LogP contribution in [0, 0.1) is 0 Å². The highest BCUT2D eigenvalue weighted by Crippen LogP contribution is 2.45. The molecule has 0 unspecified atom stereocenters. The van der Waals surface area contributed by atoms with Crippen molar-refractivity contribution in [2.45, 2.75) is 11.8 Å². The zero-order valence-electron chi connectivity index (χ0n) is 12.7. The van der Waals surface area contributed by atoms with Gasteiger partial charge in [0.25, 0.3) is 5.91 Å². The lowest BCUT2D eigenvalue weighted by atomic mass is 10.3. The van der Waals surface area contributed by atoms with Crippen LogP contribution in [0.5, 0.6) is 0 Å². The van der Waals surface area contributed by atoms with Gasteiger partial charge in [-0.15, -0.1) is 6.58 Å². The number of anilines is 1. The maximum Gasteiger partial charge on any atom is 0.266 e. The van der Waals surface area contributed by atoms with Crippen molar-refractivity contribution >= 4 is 51.7 Å². The SMILES string of the molecule is C=CCN1C(=O)/C(=C/C=C2/Sc3ccccc3N2CC)SC1=S. The molecule has 0 aromatic heterocycles. The Morgan fingerprint density at radius 2 is 2.00 bits per heavy atom. The Bertz CT molecular complexity index is 739. The Labute approximate surface area is 150 Å². The zero-order chi connectivity index (χ0) is 16.4. The molecule has 0 spiro atoms. The largest absolute Gasteiger partial charge is 0.335 e. The van der Waals surface area contributed by atoms with Gasteiger partial charge in [0.1, 0.15) is 4.32 Å². The highest BCUT2D eigenvalue weighted by atomic mass is 32.2. The Kier molecular flexibility index (Phi) is 4.94. The van der Waals surface area contributed by atoms with Crippen LogP contribution in [-0.4, -0.2) is 28.2 Å². The van der Waals surface area contributed by atoms with E-state index in [1.165, 1.54) is 22.3 Å². The van der Waals surface area contributed by atoms with Crippen LogP contribution in [0.4, 0.5) is 5.69 Å². The van der Waals surface area contributed by atoms with Gasteiger partial charge in [0.05, 0.1) is 15.6 Å². The van der Waals surface area contributed by atoms with Crippen molar-refractivity contribution in [2.75, 3.05) is 18.0 Å². The number of hydrogen-bond donors (Lipinski definition) is 0. The number of rotatable bonds is 4. The van der Waals surface area contributed by atoms with E-state index in [0.29, 0.717) is 15.8 Å². The summed E-state index contributed by atoms with van der Waals surface area (Å²) in [5.74, 6) is -0.0414. The number of carbonyl (C=O) groups is 1. The van der Waals surface area contributed by atoms with Gasteiger partial charge in [-0.3, -0.25) is 9.69 Å². The van der Waals surface area contributed by atoms with Crippen molar-refractivity contribution in [3.63, 3.8) is 0 Å². The molecule has 1 aromatic rings. The molecule has 2 aliphatic heterocycles. The van der Waals surface area contributed by atoms with Crippen LogP contribution in [0.1, 0.15) is 6.92 Å². The average molecular weight is 361 g/mol. The van der Waals surface area contributed by atoms with Gasteiger partial charge in [-0.25, -0.2) is 0 Å². The average Bonchev–Trinajstić information content (AvgIpc) is 3.04. The van der Waals surface area contributed by atoms with Gasteiger partial charge in [-0.2, -0.15) is 0 Å². The lowest BCUT2D eigenvalue weighted by molar-refractivity contribution is -0.121. The third-order valence-electron chi connectivity index (χ3n) is 3.52. The van der Waals surface area contributed by atoms with E-state index < -0.39 is 0 Å². The summed E-state index contributed by atoms with van der Waals surface area (Å²) in [5, 5.41) is 1.13. The Morgan fingerprint density at radius 1 is 1.22 bits per heavy atom. The van der Waals surface area contributed by atoms with Crippen LogP contribution in [0.25, 0.3) is 0 Å². The third kappa shape index (κ3) is 3.11. The van der Waals surface area contributed by atoms with E-state index in [1.54, 1.807) is 22.7 Å². The summed E-state index contributed by atoms with van der Waals surface area (Å²) in [7, 11) is 0. The molecule has 118 valence electrons. The van der Waals surface area contributed by atoms with Crippen LogP contribution >= 0.6 is 35.7 Å². The van der Waals surface area contributed by atoms with Crippen LogP contribution in [-0.2, 0) is 4.79 Å². The van der Waals surface area contributed by atoms with E-state index in [9.17, 15) is 4.79 Å². The quantitative estimate of drug-likeness (QED) is 0.450. The number of hydrogen-bond acceptors (Lipinski definition) is 5. The fraction of sp³-hybridized carbons (Fsp3) is 0.176. The summed E-state index contributed by atoms with van der Waals surface area (Å²) in [6.45, 7) is 7.14. The molecule has 3 nitrogen and oxygen atoms in total. The molecule has 0 saturated carbocycles. The van der Waals surface area contributed by atoms with E-state index in [4.69, 9.17) is 12.2 Å². The van der Waals surface area contributed by atoms with Crippen LogP contribution < -0.4 is 4.90 Å². The summed E-state index contributed by atoms with van der Waals surface area (Å²) < 4.78 is 0.592. The molecule has 0 bridgehead atoms. The molecule has 1 fully saturated rings. The second-order valence-corrected chi connectivity index (χ2v) is 7.66. The summed E-state index contributed by atoms with van der Waals surface area (Å²) in [4.78, 5) is 18.1. The van der Waals surface area contributed by atoms with E-state index in [2.05, 4.69) is 30.5 Å². The first-order valence-electron chi connectivity index (χ1n) is 7.26. The molecule has 1 aromatic carbocycles. The number of nitrogens with zero attached hydrogens (tertiary/aromatic N) is 2. The summed E-state index contributed by atoms with van der Waals surface area (Å²) in [5.41, 5.74) is 1.22. The summed E-state index contributed by atoms with van der Waals surface area (Å²) in [6, 6.07) is 8.33. The topological polar surface area (TPSA) is 23.6 Å². The molecule has 0 aliphatic carbocycles. The lowest BCUT2D eigenvalue weighted by Gasteiger charge is -2.17. The molecule has 3 rings (SSSR count). The number of para-hydroxylation sites is 1. The fourth-order valence-corrected chi connectivity index (χ4v) is 4.80. The molecule has 0 atom stereocenters. The number of carbonyl (C=O) groups excluding carboxylic acids is 1. The highest BCUT2D eigenvalue weighted by molar-refractivity contribution is 8.26. The first kappa shape index (κ1) is 16.4. The van der Waals surface area contributed by atoms with Gasteiger partial charge in [0.15, 0.2) is 0 Å². The molecule has 2 aliphatic rings. The van der Waals surface area contributed by atoms with Crippen molar-refractivity contribution < 1.29 is 4.79 Å². The van der Waals surface area contributed by atoms with Gasteiger partial charge >= 0.3 is 0 Å². The molecule has 1 amide bonds. The molecule has 6 heteroatoms. The van der Waals surface area contributed by atoms with Crippen molar-refractivity contribution in [1.29, 1.82) is 0 Å². The number of thiocarbonyl (C=S) groups is 1. The third-order valence-corrected chi connectivity index (χ3v) is 6.04. The second-order valence-electron chi connectivity index (χ2n) is 4.92. The standard InChI is InChI=1S/C17H16N2OS3/c1-3-11-19-16(20)14(23-17(19)21)9-10-15-18(4-2)12-7-5-6-8-13(12)22-15/h3,5-10H,1,4,11H2,2H3/b14-9-,15-10+. The Morgan fingerprint density at radius 3 is 2.74 bits per heavy atom. The normalized spacial score (nSPS) is 20.7. The van der Waals surface area contributed by atoms with Gasteiger partial charge in [0.2, 0.25) is 0 Å². The van der Waals surface area contributed by atoms with Crippen molar-refractivity contribution in [3.8, 4) is 0 Å². The summed E-state index contributed by atoms with van der Waals surface area (Å²) >= 11 is 8.33. The molecule has 23 heavy (non-hydrogen) atoms. The number of thioether (sulfide) groups is 2. The number of amides is 1. The minimum Gasteiger partial charge on any atom is -0.335 e. The number of benzene rings is 1. The zero-order valence-corrected chi connectivity index (χ0v) is 15.1. The predicted molar refractivity (Wildman–Crippen MR) is 104 cm³/mol. The van der Waals surface area contributed by atoms with E-state index in [0.717, 1.165) is 11.6 Å². The van der Waals surface area contributed by atoms with Crippen LogP contribution in [0.2, 0.25) is 0 Å². The lowest BCUT2D eigenvalue weighted by Crippen LogP contribution is -2.27. The number of allylic oxidation sites excluding steroid dienone is 2. The molecule has 0 N–H and O–H groups in total. The first-order valence-corrected chi connectivity index (χ1v) is 9.30. The van der Waals surface area contributed by atoms with Crippen LogP contribution in [0.15, 0.2) is 63.9 Å². The first-order chi connectivity index (χ1) is 11.2. The molecule has 1 saturated heterocycles. The fourth-order valence-electron chi connectivity index (χ4n) is 2.45. The minimum absolute atomic E-state index is 0.0414.